The molecular weight excluding hydrogens is 276 g/mol. The molecule has 0 radical (unpaired) electrons. The topological polar surface area (TPSA) is 80.6 Å². The first-order valence-electron chi connectivity index (χ1n) is 6.63. The molecule has 1 N–H and O–H groups in total. The van der Waals surface area contributed by atoms with Gasteiger partial charge in [-0.1, -0.05) is 5.16 Å². The zero-order valence-electron chi connectivity index (χ0n) is 12.0. The van der Waals surface area contributed by atoms with E-state index in [1.807, 2.05) is 6.07 Å². The summed E-state index contributed by atoms with van der Waals surface area (Å²) in [5.74, 6) is 1.27. The van der Waals surface area contributed by atoms with Gasteiger partial charge in [-0.2, -0.15) is 0 Å². The zero-order chi connectivity index (χ0) is 15.2. The van der Waals surface area contributed by atoms with Crippen molar-refractivity contribution < 1.29 is 24.2 Å². The van der Waals surface area contributed by atoms with Gasteiger partial charge in [-0.05, 0) is 31.0 Å². The third-order valence-corrected chi connectivity index (χ3v) is 3.13. The second-order valence-corrected chi connectivity index (χ2v) is 4.52. The van der Waals surface area contributed by atoms with Gasteiger partial charge >= 0.3 is 6.09 Å². The molecule has 7 heteroatoms. The van der Waals surface area contributed by atoms with Gasteiger partial charge in [-0.25, -0.2) is 4.79 Å². The van der Waals surface area contributed by atoms with Crippen LogP contribution in [0.4, 0.5) is 4.79 Å². The first-order valence-corrected chi connectivity index (χ1v) is 6.63. The van der Waals surface area contributed by atoms with Crippen LogP contribution >= 0.6 is 0 Å². The van der Waals surface area contributed by atoms with E-state index in [1.54, 1.807) is 20.0 Å². The smallest absolute Gasteiger partial charge is 0.409 e. The number of carbonyl (C=O) groups is 1. The molecule has 21 heavy (non-hydrogen) atoms. The van der Waals surface area contributed by atoms with E-state index in [-0.39, 0.29) is 12.9 Å². The van der Waals surface area contributed by atoms with Crippen molar-refractivity contribution in [3.8, 4) is 11.5 Å². The average Bonchev–Trinajstić information content (AvgIpc) is 2.92. The normalized spacial score (nSPS) is 12.7. The van der Waals surface area contributed by atoms with Crippen LogP contribution in [0.1, 0.15) is 18.1 Å². The lowest BCUT2D eigenvalue weighted by atomic mass is 10.0. The van der Waals surface area contributed by atoms with E-state index < -0.39 is 0 Å². The molecule has 1 aliphatic rings. The van der Waals surface area contributed by atoms with Crippen molar-refractivity contribution >= 4 is 12.3 Å². The van der Waals surface area contributed by atoms with Crippen LogP contribution < -0.4 is 9.47 Å². The van der Waals surface area contributed by atoms with Crippen molar-refractivity contribution in [3.05, 3.63) is 23.3 Å². The first kappa shape index (κ1) is 15.0. The van der Waals surface area contributed by atoms with Gasteiger partial charge in [0.15, 0.2) is 11.5 Å². The molecule has 0 bridgehead atoms. The molecule has 0 unspecified atom stereocenters. The predicted octanol–water partition coefficient (Wildman–Crippen LogP) is 1.85. The number of oxime groups is 1. The van der Waals surface area contributed by atoms with Crippen molar-refractivity contribution in [2.75, 3.05) is 27.0 Å². The Kier molecular flexibility index (Phi) is 4.86. The Morgan fingerprint density at radius 1 is 1.48 bits per heavy atom. The maximum Gasteiger partial charge on any atom is 0.409 e. The van der Waals surface area contributed by atoms with Gasteiger partial charge in [-0.15, -0.1) is 0 Å². The maximum atomic E-state index is 11.6. The number of likely N-dealkylation sites (N-methyl/N-ethyl adjacent to an activating group) is 1. The van der Waals surface area contributed by atoms with Gasteiger partial charge in [-0.3, -0.25) is 0 Å². The van der Waals surface area contributed by atoms with Crippen LogP contribution in [0.3, 0.4) is 0 Å². The van der Waals surface area contributed by atoms with Crippen molar-refractivity contribution in [1.29, 1.82) is 0 Å². The Morgan fingerprint density at radius 2 is 2.19 bits per heavy atom. The molecule has 1 heterocycles. The number of amides is 1. The van der Waals surface area contributed by atoms with E-state index in [4.69, 9.17) is 19.4 Å². The van der Waals surface area contributed by atoms with Gasteiger partial charge in [0.2, 0.25) is 6.79 Å². The number of ether oxygens (including phenoxy) is 3. The summed E-state index contributed by atoms with van der Waals surface area (Å²) < 4.78 is 15.5. The van der Waals surface area contributed by atoms with E-state index in [1.165, 1.54) is 11.1 Å². The lowest BCUT2D eigenvalue weighted by Gasteiger charge is -2.17. The Morgan fingerprint density at radius 3 is 2.86 bits per heavy atom. The molecule has 0 fully saturated rings. The summed E-state index contributed by atoms with van der Waals surface area (Å²) in [4.78, 5) is 13.0. The van der Waals surface area contributed by atoms with Crippen LogP contribution in [0.25, 0.3) is 0 Å². The minimum absolute atomic E-state index is 0.178. The number of rotatable bonds is 5. The Balaban J connectivity index is 2.10. The maximum absolute atomic E-state index is 11.6. The summed E-state index contributed by atoms with van der Waals surface area (Å²) >= 11 is 0. The molecule has 0 atom stereocenters. The largest absolute Gasteiger partial charge is 0.454 e. The van der Waals surface area contributed by atoms with Gasteiger partial charge in [0, 0.05) is 19.2 Å². The van der Waals surface area contributed by atoms with E-state index in [0.29, 0.717) is 31.1 Å². The molecule has 1 aromatic rings. The fraction of sp³-hybridized carbons (Fsp3) is 0.429. The zero-order valence-corrected chi connectivity index (χ0v) is 12.0. The van der Waals surface area contributed by atoms with E-state index in [0.717, 1.165) is 11.1 Å². The number of hydrogen-bond donors (Lipinski definition) is 1. The third-order valence-electron chi connectivity index (χ3n) is 3.13. The van der Waals surface area contributed by atoms with Crippen LogP contribution in [0.5, 0.6) is 11.5 Å². The Hall–Kier alpha value is -2.44. The Bertz CT molecular complexity index is 544. The van der Waals surface area contributed by atoms with Crippen LogP contribution in [0.2, 0.25) is 0 Å². The van der Waals surface area contributed by atoms with Crippen LogP contribution in [-0.4, -0.2) is 49.4 Å². The standard InChI is InChI=1S/C14H18N2O5/c1-3-19-14(17)16(2)5-4-10-6-12-13(21-9-20-12)7-11(10)8-15-18/h6-8,18H,3-5,9H2,1-2H3/b15-8+. The highest BCUT2D eigenvalue weighted by Gasteiger charge is 2.17. The Labute approximate surface area is 122 Å². The van der Waals surface area contributed by atoms with Gasteiger partial charge in [0.1, 0.15) is 0 Å². The quantitative estimate of drug-likeness (QED) is 0.509. The van der Waals surface area contributed by atoms with E-state index in [9.17, 15) is 4.79 Å². The molecule has 0 spiro atoms. The molecule has 0 aromatic heterocycles. The molecule has 0 saturated carbocycles. The molecule has 0 saturated heterocycles. The molecular formula is C14H18N2O5. The molecule has 114 valence electrons. The summed E-state index contributed by atoms with van der Waals surface area (Å²) in [6.45, 7) is 2.76. The summed E-state index contributed by atoms with van der Waals surface area (Å²) in [5, 5.41) is 11.8. The van der Waals surface area contributed by atoms with Crippen LogP contribution in [-0.2, 0) is 11.2 Å². The summed E-state index contributed by atoms with van der Waals surface area (Å²) in [7, 11) is 1.67. The number of fused-ring (bicyclic) bond motifs is 1. The SMILES string of the molecule is CCOC(=O)N(C)CCc1cc2c(cc1/C=N/O)OCO2. The highest BCUT2D eigenvalue weighted by Crippen LogP contribution is 2.34. The van der Waals surface area contributed by atoms with Crippen molar-refractivity contribution in [3.63, 3.8) is 0 Å². The van der Waals surface area contributed by atoms with Crippen LogP contribution in [0, 0.1) is 0 Å². The average molecular weight is 294 g/mol. The highest BCUT2D eigenvalue weighted by molar-refractivity contribution is 5.83. The second-order valence-electron chi connectivity index (χ2n) is 4.52. The molecule has 0 aliphatic carbocycles. The third kappa shape index (κ3) is 3.56. The van der Waals surface area contributed by atoms with Crippen molar-refractivity contribution in [2.24, 2.45) is 5.16 Å². The lowest BCUT2D eigenvalue weighted by molar-refractivity contribution is 0.116. The molecule has 2 rings (SSSR count). The molecule has 7 nitrogen and oxygen atoms in total. The summed E-state index contributed by atoms with van der Waals surface area (Å²) in [6.07, 6.45) is 1.55. The summed E-state index contributed by atoms with van der Waals surface area (Å²) in [6, 6.07) is 3.58. The van der Waals surface area contributed by atoms with Crippen molar-refractivity contribution in [1.82, 2.24) is 4.90 Å². The highest BCUT2D eigenvalue weighted by atomic mass is 16.7. The van der Waals surface area contributed by atoms with Gasteiger partial charge < -0.3 is 24.3 Å². The number of carbonyl (C=O) groups excluding carboxylic acids is 1. The fourth-order valence-electron chi connectivity index (χ4n) is 2.01. The lowest BCUT2D eigenvalue weighted by Crippen LogP contribution is -2.29. The molecule has 1 amide bonds. The molecule has 1 aromatic carbocycles. The predicted molar refractivity (Wildman–Crippen MR) is 75.3 cm³/mol. The second kappa shape index (κ2) is 6.83. The minimum atomic E-state index is -0.365. The van der Waals surface area contributed by atoms with Gasteiger partial charge in [0.25, 0.3) is 0 Å². The minimum Gasteiger partial charge on any atom is -0.454 e. The van der Waals surface area contributed by atoms with Gasteiger partial charge in [0.05, 0.1) is 12.8 Å². The van der Waals surface area contributed by atoms with E-state index in [2.05, 4.69) is 5.16 Å². The first-order chi connectivity index (χ1) is 10.2. The monoisotopic (exact) mass is 294 g/mol. The number of nitrogens with zero attached hydrogens (tertiary/aromatic N) is 2. The van der Waals surface area contributed by atoms with Crippen molar-refractivity contribution in [2.45, 2.75) is 13.3 Å². The van der Waals surface area contributed by atoms with E-state index >= 15 is 0 Å². The van der Waals surface area contributed by atoms with Crippen LogP contribution in [0.15, 0.2) is 17.3 Å². The molecule has 1 aliphatic heterocycles. The number of benzene rings is 1. The number of hydrogen-bond acceptors (Lipinski definition) is 6. The summed E-state index contributed by atoms with van der Waals surface area (Å²) in [5.41, 5.74) is 1.62. The fourth-order valence-corrected chi connectivity index (χ4v) is 2.01.